The van der Waals surface area contributed by atoms with E-state index in [-0.39, 0.29) is 18.2 Å². The van der Waals surface area contributed by atoms with E-state index < -0.39 is 0 Å². The predicted molar refractivity (Wildman–Crippen MR) is 94.9 cm³/mol. The van der Waals surface area contributed by atoms with Crippen LogP contribution < -0.4 is 5.32 Å². The fourth-order valence-electron chi connectivity index (χ4n) is 2.63. The first kappa shape index (κ1) is 17.6. The van der Waals surface area contributed by atoms with E-state index in [1.165, 1.54) is 17.2 Å². The normalized spacial score (nSPS) is 13.9. The van der Waals surface area contributed by atoms with Crippen molar-refractivity contribution >= 4 is 35.8 Å². The van der Waals surface area contributed by atoms with Gasteiger partial charge in [-0.05, 0) is 54.8 Å². The van der Waals surface area contributed by atoms with Gasteiger partial charge in [0.05, 0.1) is 5.02 Å². The second-order valence-electron chi connectivity index (χ2n) is 5.14. The summed E-state index contributed by atoms with van der Waals surface area (Å²) in [5.41, 5.74) is 3.41. The average molecular weight is 358 g/mol. The molecule has 2 aromatic carbocycles. The molecule has 1 nitrogen and oxygen atoms in total. The number of rotatable bonds is 3. The van der Waals surface area contributed by atoms with Gasteiger partial charge in [-0.25, -0.2) is 4.39 Å². The molecule has 3 rings (SSSR count). The second kappa shape index (κ2) is 8.21. The van der Waals surface area contributed by atoms with Gasteiger partial charge in [0, 0.05) is 10.6 Å². The highest BCUT2D eigenvalue weighted by molar-refractivity contribution is 7.98. The van der Waals surface area contributed by atoms with E-state index >= 15 is 0 Å². The van der Waals surface area contributed by atoms with Crippen LogP contribution in [0, 0.1) is 5.82 Å². The number of halogens is 3. The number of nitrogens with one attached hydrogen (secondary N) is 1. The van der Waals surface area contributed by atoms with Crippen molar-refractivity contribution < 1.29 is 4.39 Å². The van der Waals surface area contributed by atoms with Crippen LogP contribution in [-0.4, -0.2) is 13.1 Å². The summed E-state index contributed by atoms with van der Waals surface area (Å²) in [7, 11) is 0. The third kappa shape index (κ3) is 3.96. The van der Waals surface area contributed by atoms with Crippen molar-refractivity contribution in [3.8, 4) is 0 Å². The fourth-order valence-corrected chi connectivity index (χ4v) is 4.12. The van der Waals surface area contributed by atoms with Gasteiger partial charge in [0.2, 0.25) is 0 Å². The highest BCUT2D eigenvalue weighted by atomic mass is 35.5. The summed E-state index contributed by atoms with van der Waals surface area (Å²) in [6.07, 6.45) is 2.01. The van der Waals surface area contributed by atoms with Crippen molar-refractivity contribution in [2.24, 2.45) is 0 Å². The molecule has 0 atom stereocenters. The zero-order valence-corrected chi connectivity index (χ0v) is 14.5. The summed E-state index contributed by atoms with van der Waals surface area (Å²) in [5, 5.41) is 4.19. The molecule has 118 valence electrons. The third-order valence-electron chi connectivity index (χ3n) is 3.76. The fraction of sp³-hybridized carbons (Fsp3) is 0.294. The molecule has 2 aromatic rings. The van der Waals surface area contributed by atoms with Crippen LogP contribution in [0.4, 0.5) is 4.39 Å². The molecule has 1 aliphatic heterocycles. The Bertz CT molecular complexity index is 649. The number of benzene rings is 2. The molecule has 5 heteroatoms. The van der Waals surface area contributed by atoms with Crippen molar-refractivity contribution in [3.05, 3.63) is 63.9 Å². The molecule has 0 aliphatic carbocycles. The highest BCUT2D eigenvalue weighted by Crippen LogP contribution is 2.36. The van der Waals surface area contributed by atoms with E-state index in [9.17, 15) is 4.39 Å². The second-order valence-corrected chi connectivity index (χ2v) is 6.54. The van der Waals surface area contributed by atoms with Crippen LogP contribution in [0.25, 0.3) is 0 Å². The molecule has 22 heavy (non-hydrogen) atoms. The molecule has 1 heterocycles. The average Bonchev–Trinajstić information content (AvgIpc) is 2.73. The summed E-state index contributed by atoms with van der Waals surface area (Å²) in [4.78, 5) is 1.11. The standard InChI is InChI=1S/C17H17ClFNS.ClH/c18-15-6-5-12-7-9-20-10-8-14(12)17(15)21-11-13-3-1-2-4-16(13)19;/h1-6,20H,7-11H2;1H. The van der Waals surface area contributed by atoms with Gasteiger partial charge in [-0.1, -0.05) is 35.9 Å². The summed E-state index contributed by atoms with van der Waals surface area (Å²) < 4.78 is 13.7. The Morgan fingerprint density at radius 2 is 1.86 bits per heavy atom. The van der Waals surface area contributed by atoms with E-state index in [2.05, 4.69) is 11.4 Å². The first-order valence-electron chi connectivity index (χ1n) is 7.13. The van der Waals surface area contributed by atoms with E-state index in [0.717, 1.165) is 41.4 Å². The van der Waals surface area contributed by atoms with Crippen molar-refractivity contribution in [3.63, 3.8) is 0 Å². The van der Waals surface area contributed by atoms with E-state index in [1.54, 1.807) is 17.8 Å². The zero-order valence-electron chi connectivity index (χ0n) is 12.1. The predicted octanol–water partition coefficient (Wildman–Crippen LogP) is 4.88. The Balaban J connectivity index is 0.00000176. The first-order valence-corrected chi connectivity index (χ1v) is 8.49. The molecular formula is C17H18Cl2FNS. The van der Waals surface area contributed by atoms with Crippen LogP contribution >= 0.6 is 35.8 Å². The molecule has 1 N–H and O–H groups in total. The van der Waals surface area contributed by atoms with Gasteiger partial charge < -0.3 is 5.32 Å². The Labute approximate surface area is 146 Å². The molecule has 0 aromatic heterocycles. The molecule has 0 radical (unpaired) electrons. The van der Waals surface area contributed by atoms with Crippen LogP contribution in [0.15, 0.2) is 41.3 Å². The monoisotopic (exact) mass is 357 g/mol. The summed E-state index contributed by atoms with van der Waals surface area (Å²) in [6.45, 7) is 1.98. The van der Waals surface area contributed by atoms with Crippen LogP contribution in [0.3, 0.4) is 0 Å². The Hall–Kier alpha value is -0.740. The van der Waals surface area contributed by atoms with Crippen molar-refractivity contribution in [2.75, 3.05) is 13.1 Å². The number of thioether (sulfide) groups is 1. The minimum absolute atomic E-state index is 0. The van der Waals surface area contributed by atoms with Gasteiger partial charge >= 0.3 is 0 Å². The highest BCUT2D eigenvalue weighted by Gasteiger charge is 2.15. The number of hydrogen-bond donors (Lipinski definition) is 1. The molecule has 0 unspecified atom stereocenters. The smallest absolute Gasteiger partial charge is 0.127 e. The van der Waals surface area contributed by atoms with Crippen LogP contribution in [0.2, 0.25) is 5.02 Å². The number of hydrogen-bond acceptors (Lipinski definition) is 2. The lowest BCUT2D eigenvalue weighted by molar-refractivity contribution is 0.617. The minimum atomic E-state index is -0.148. The first-order chi connectivity index (χ1) is 10.3. The summed E-state index contributed by atoms with van der Waals surface area (Å²) in [5.74, 6) is 0.459. The van der Waals surface area contributed by atoms with Gasteiger partial charge in [0.1, 0.15) is 5.82 Å². The van der Waals surface area contributed by atoms with Gasteiger partial charge in [-0.3, -0.25) is 0 Å². The largest absolute Gasteiger partial charge is 0.316 e. The van der Waals surface area contributed by atoms with Gasteiger partial charge in [-0.2, -0.15) is 0 Å². The van der Waals surface area contributed by atoms with Gasteiger partial charge in [-0.15, -0.1) is 24.2 Å². The molecule has 0 saturated heterocycles. The van der Waals surface area contributed by atoms with Crippen LogP contribution in [-0.2, 0) is 18.6 Å². The van der Waals surface area contributed by atoms with E-state index in [4.69, 9.17) is 11.6 Å². The molecule has 0 spiro atoms. The molecule has 0 bridgehead atoms. The summed E-state index contributed by atoms with van der Waals surface area (Å²) in [6, 6.07) is 11.0. The lowest BCUT2D eigenvalue weighted by Crippen LogP contribution is -2.16. The maximum atomic E-state index is 13.7. The zero-order chi connectivity index (χ0) is 14.7. The molecule has 0 amide bonds. The van der Waals surface area contributed by atoms with Crippen molar-refractivity contribution in [2.45, 2.75) is 23.5 Å². The molecule has 1 aliphatic rings. The van der Waals surface area contributed by atoms with Gasteiger partial charge in [0.15, 0.2) is 0 Å². The Kier molecular flexibility index (Phi) is 6.57. The summed E-state index contributed by atoms with van der Waals surface area (Å²) >= 11 is 8.02. The van der Waals surface area contributed by atoms with E-state index in [1.807, 2.05) is 18.2 Å². The maximum Gasteiger partial charge on any atom is 0.127 e. The third-order valence-corrected chi connectivity index (χ3v) is 5.40. The lowest BCUT2D eigenvalue weighted by atomic mass is 10.0. The topological polar surface area (TPSA) is 12.0 Å². The van der Waals surface area contributed by atoms with Crippen LogP contribution in [0.1, 0.15) is 16.7 Å². The Morgan fingerprint density at radius 3 is 2.68 bits per heavy atom. The van der Waals surface area contributed by atoms with Crippen molar-refractivity contribution in [1.82, 2.24) is 5.32 Å². The lowest BCUT2D eigenvalue weighted by Gasteiger charge is -2.14. The van der Waals surface area contributed by atoms with Crippen molar-refractivity contribution in [1.29, 1.82) is 0 Å². The quantitative estimate of drug-likeness (QED) is 0.785. The molecular weight excluding hydrogens is 340 g/mol. The van der Waals surface area contributed by atoms with Gasteiger partial charge in [0.25, 0.3) is 0 Å². The maximum absolute atomic E-state index is 13.7. The van der Waals surface area contributed by atoms with Crippen LogP contribution in [0.5, 0.6) is 0 Å². The molecule has 0 saturated carbocycles. The SMILES string of the molecule is Cl.Fc1ccccc1CSc1c(Cl)ccc2c1CCNCC2. The Morgan fingerprint density at radius 1 is 1.09 bits per heavy atom. The number of fused-ring (bicyclic) bond motifs is 1. The van der Waals surface area contributed by atoms with E-state index in [0.29, 0.717) is 5.75 Å². The minimum Gasteiger partial charge on any atom is -0.316 e. The molecule has 0 fully saturated rings.